The lowest BCUT2D eigenvalue weighted by Gasteiger charge is -2.40. The van der Waals surface area contributed by atoms with Gasteiger partial charge in [0.15, 0.2) is 0 Å². The Balaban J connectivity index is 1.36. The largest absolute Gasteiger partial charge is 0.462 e. The Morgan fingerprint density at radius 1 is 1.18 bits per heavy atom. The lowest BCUT2D eigenvalue weighted by atomic mass is 9.70. The van der Waals surface area contributed by atoms with Crippen LogP contribution in [0.4, 0.5) is 0 Å². The first kappa shape index (κ1) is 26.5. The van der Waals surface area contributed by atoms with Gasteiger partial charge in [-0.15, -0.1) is 0 Å². The van der Waals surface area contributed by atoms with Crippen LogP contribution in [0.1, 0.15) is 56.7 Å². The number of hydrogen-bond donors (Lipinski definition) is 2. The summed E-state index contributed by atoms with van der Waals surface area (Å²) in [6, 6.07) is 13.6. The van der Waals surface area contributed by atoms with Gasteiger partial charge in [0.05, 0.1) is 16.7 Å². The summed E-state index contributed by atoms with van der Waals surface area (Å²) in [7, 11) is 0. The molecule has 0 bridgehead atoms. The number of allylic oxidation sites excluding steroid dienone is 3. The fraction of sp³-hybridized carbons (Fsp3) is 0.344. The first-order valence-corrected chi connectivity index (χ1v) is 13.6. The predicted molar refractivity (Wildman–Crippen MR) is 153 cm³/mol. The first-order chi connectivity index (χ1) is 18.2. The third-order valence-corrected chi connectivity index (χ3v) is 8.28. The maximum absolute atomic E-state index is 12.8. The van der Waals surface area contributed by atoms with Crippen molar-refractivity contribution in [2.45, 2.75) is 51.0 Å². The molecular formula is C32H35ClN2O3. The Morgan fingerprint density at radius 3 is 2.61 bits per heavy atom. The molecule has 2 aromatic carbocycles. The van der Waals surface area contributed by atoms with Gasteiger partial charge in [0.25, 0.3) is 0 Å². The third kappa shape index (κ3) is 5.24. The number of ketones is 1. The number of halogens is 1. The number of fused-ring (bicyclic) bond motifs is 2. The van der Waals surface area contributed by atoms with Crippen molar-refractivity contribution in [3.05, 3.63) is 106 Å². The minimum Gasteiger partial charge on any atom is -0.462 e. The Kier molecular flexibility index (Phi) is 7.36. The monoisotopic (exact) mass is 530 g/mol. The Labute approximate surface area is 230 Å². The van der Waals surface area contributed by atoms with Gasteiger partial charge in [-0.05, 0) is 100 Å². The molecule has 2 aromatic rings. The second-order valence-corrected chi connectivity index (χ2v) is 11.3. The van der Waals surface area contributed by atoms with E-state index in [0.717, 1.165) is 78.2 Å². The molecule has 3 aliphatic rings. The summed E-state index contributed by atoms with van der Waals surface area (Å²) in [6.07, 6.45) is 12.5. The second kappa shape index (κ2) is 10.6. The van der Waals surface area contributed by atoms with Crippen molar-refractivity contribution >= 4 is 23.0 Å². The van der Waals surface area contributed by atoms with Crippen LogP contribution in [-0.2, 0) is 15.8 Å². The molecule has 0 spiro atoms. The number of nitrogens with zero attached hydrogens (tertiary/aromatic N) is 1. The minimum atomic E-state index is -0.955. The van der Waals surface area contributed by atoms with E-state index >= 15 is 0 Å². The zero-order valence-electron chi connectivity index (χ0n) is 22.3. The average Bonchev–Trinajstić information content (AvgIpc) is 3.06. The number of carbonyl (C=O) groups excluding carboxylic acids is 1. The summed E-state index contributed by atoms with van der Waals surface area (Å²) >= 11 is 6.10. The van der Waals surface area contributed by atoms with Crippen LogP contribution in [0, 0.1) is 0 Å². The van der Waals surface area contributed by atoms with E-state index in [9.17, 15) is 9.90 Å². The molecule has 3 heterocycles. The predicted octanol–water partition coefficient (Wildman–Crippen LogP) is 6.24. The number of hydrogen-bond acceptors (Lipinski definition) is 5. The zero-order valence-corrected chi connectivity index (χ0v) is 23.0. The summed E-state index contributed by atoms with van der Waals surface area (Å²) in [6.45, 7) is 7.94. The van der Waals surface area contributed by atoms with Gasteiger partial charge in [-0.3, -0.25) is 4.79 Å². The van der Waals surface area contributed by atoms with Gasteiger partial charge in [-0.25, -0.2) is 0 Å². The van der Waals surface area contributed by atoms with E-state index in [4.69, 9.17) is 16.3 Å². The molecule has 5 rings (SSSR count). The van der Waals surface area contributed by atoms with Crippen LogP contribution in [0.15, 0.2) is 84.4 Å². The van der Waals surface area contributed by atoms with Crippen LogP contribution in [-0.4, -0.2) is 35.4 Å². The van der Waals surface area contributed by atoms with Gasteiger partial charge in [-0.2, -0.15) is 0 Å². The Hall–Kier alpha value is -3.12. The fourth-order valence-corrected chi connectivity index (χ4v) is 5.78. The van der Waals surface area contributed by atoms with Crippen molar-refractivity contribution in [2.24, 2.45) is 0 Å². The quantitative estimate of drug-likeness (QED) is 0.463. The number of nitrogens with one attached hydrogen (secondary N) is 1. The third-order valence-electron chi connectivity index (χ3n) is 8.03. The molecule has 6 heteroatoms. The summed E-state index contributed by atoms with van der Waals surface area (Å²) in [4.78, 5) is 15.2. The number of benzene rings is 2. The van der Waals surface area contributed by atoms with Crippen molar-refractivity contribution in [3.8, 4) is 5.75 Å². The van der Waals surface area contributed by atoms with Gasteiger partial charge in [0.1, 0.15) is 17.8 Å². The minimum absolute atomic E-state index is 0.225. The van der Waals surface area contributed by atoms with Crippen LogP contribution in [0.5, 0.6) is 5.75 Å². The van der Waals surface area contributed by atoms with Crippen LogP contribution >= 0.6 is 11.6 Å². The highest BCUT2D eigenvalue weighted by Gasteiger charge is 2.40. The number of carbonyl (C=O) groups is 1. The number of aliphatic hydroxyl groups is 1. The van der Waals surface area contributed by atoms with E-state index < -0.39 is 11.0 Å². The molecule has 1 fully saturated rings. The molecule has 0 aliphatic carbocycles. The zero-order chi connectivity index (χ0) is 26.9. The number of Topliss-reactive ketones (excluding diaryl/α,β-unsaturated/α-hetero) is 1. The van der Waals surface area contributed by atoms with Gasteiger partial charge >= 0.3 is 0 Å². The van der Waals surface area contributed by atoms with E-state index in [2.05, 4.69) is 22.4 Å². The molecule has 0 unspecified atom stereocenters. The number of ether oxygens (including phenoxy) is 1. The maximum Gasteiger partial charge on any atom is 0.140 e. The molecule has 38 heavy (non-hydrogen) atoms. The molecule has 198 valence electrons. The van der Waals surface area contributed by atoms with E-state index in [-0.39, 0.29) is 5.78 Å². The molecule has 2 N–H and O–H groups in total. The molecule has 0 amide bonds. The molecular weight excluding hydrogens is 496 g/mol. The molecule has 0 saturated carbocycles. The number of rotatable bonds is 6. The van der Waals surface area contributed by atoms with Gasteiger partial charge in [-0.1, -0.05) is 42.0 Å². The number of piperidine rings is 1. The molecule has 1 saturated heterocycles. The fourth-order valence-electron chi connectivity index (χ4n) is 5.66. The Bertz CT molecular complexity index is 1340. The topological polar surface area (TPSA) is 61.8 Å². The van der Waals surface area contributed by atoms with Crippen LogP contribution in [0.25, 0.3) is 5.57 Å². The van der Waals surface area contributed by atoms with Crippen molar-refractivity contribution in [2.75, 3.05) is 19.6 Å². The molecule has 0 radical (unpaired) electrons. The van der Waals surface area contributed by atoms with Gasteiger partial charge in [0.2, 0.25) is 0 Å². The van der Waals surface area contributed by atoms with Crippen molar-refractivity contribution in [3.63, 3.8) is 0 Å². The lowest BCUT2D eigenvalue weighted by molar-refractivity contribution is -0.124. The highest BCUT2D eigenvalue weighted by atomic mass is 35.5. The van der Waals surface area contributed by atoms with Crippen molar-refractivity contribution < 1.29 is 14.6 Å². The standard InChI is InChI=1S/C32H35ClN2O3/c1-22(36)32(23-8-11-25(33)12-9-23)14-18-35(19-15-32)17-5-7-26-27-6-4-16-34-29(27)21-38-30-13-10-24(20-28(26)30)31(2,3)37/h4,6-13,16,20-21,34,37H,5,14-15,17-19H2,1-3H3. The lowest BCUT2D eigenvalue weighted by Crippen LogP contribution is -2.46. The van der Waals surface area contributed by atoms with Crippen LogP contribution in [0.2, 0.25) is 5.02 Å². The number of dihydropyridines is 1. The van der Waals surface area contributed by atoms with Gasteiger partial charge in [0, 0.05) is 28.9 Å². The van der Waals surface area contributed by atoms with Crippen LogP contribution in [0.3, 0.4) is 0 Å². The smallest absolute Gasteiger partial charge is 0.140 e. The molecule has 0 aromatic heterocycles. The van der Waals surface area contributed by atoms with Crippen LogP contribution < -0.4 is 10.1 Å². The Morgan fingerprint density at radius 2 is 1.92 bits per heavy atom. The maximum atomic E-state index is 12.8. The second-order valence-electron chi connectivity index (χ2n) is 10.9. The summed E-state index contributed by atoms with van der Waals surface area (Å²) in [5, 5.41) is 14.6. The first-order valence-electron chi connectivity index (χ1n) is 13.3. The van der Waals surface area contributed by atoms with E-state index in [1.807, 2.05) is 54.7 Å². The van der Waals surface area contributed by atoms with Crippen molar-refractivity contribution in [1.29, 1.82) is 0 Å². The van der Waals surface area contributed by atoms with E-state index in [1.54, 1.807) is 27.0 Å². The highest BCUT2D eigenvalue weighted by molar-refractivity contribution is 6.30. The summed E-state index contributed by atoms with van der Waals surface area (Å²) < 4.78 is 6.03. The average molecular weight is 531 g/mol. The molecule has 0 atom stereocenters. The summed E-state index contributed by atoms with van der Waals surface area (Å²) in [5.74, 6) is 0.990. The van der Waals surface area contributed by atoms with E-state index in [1.165, 1.54) is 0 Å². The number of likely N-dealkylation sites (tertiary alicyclic amines) is 1. The van der Waals surface area contributed by atoms with Gasteiger partial charge < -0.3 is 20.1 Å². The highest BCUT2D eigenvalue weighted by Crippen LogP contribution is 2.41. The summed E-state index contributed by atoms with van der Waals surface area (Å²) in [5.41, 5.74) is 4.55. The normalized spacial score (nSPS) is 19.9. The van der Waals surface area contributed by atoms with E-state index in [0.29, 0.717) is 5.02 Å². The molecule has 3 aliphatic heterocycles. The SMILES string of the molecule is CC(=O)C1(c2ccc(Cl)cc2)CCN(CCC=C2C3=CC=CNC3=COc3ccc(C(C)(C)O)cc32)CC1. The molecule has 5 nitrogen and oxygen atoms in total. The van der Waals surface area contributed by atoms with Crippen molar-refractivity contribution in [1.82, 2.24) is 10.2 Å².